The van der Waals surface area contributed by atoms with Gasteiger partial charge in [-0.3, -0.25) is 4.79 Å². The Balaban J connectivity index is 2.36. The Kier molecular flexibility index (Phi) is 15.7. The van der Waals surface area contributed by atoms with Crippen LogP contribution in [0.2, 0.25) is 0 Å². The highest BCUT2D eigenvalue weighted by molar-refractivity contribution is 5.78. The van der Waals surface area contributed by atoms with Crippen LogP contribution in [0.15, 0.2) is 0 Å². The Hall–Kier alpha value is -0.530. The van der Waals surface area contributed by atoms with Crippen LogP contribution in [-0.2, 0) is 4.79 Å². The number of hydrogen-bond acceptors (Lipinski definition) is 1. The molecule has 1 atom stereocenters. The molecule has 0 aliphatic carbocycles. The highest BCUT2D eigenvalue weighted by Gasteiger charge is 2.27. The quantitative estimate of drug-likeness (QED) is 0.222. The van der Waals surface area contributed by atoms with E-state index < -0.39 is 0 Å². The van der Waals surface area contributed by atoms with Gasteiger partial charge >= 0.3 is 0 Å². The highest BCUT2D eigenvalue weighted by atomic mass is 16.2. The van der Waals surface area contributed by atoms with Gasteiger partial charge < -0.3 is 4.90 Å². The summed E-state index contributed by atoms with van der Waals surface area (Å²) in [6.07, 6.45) is 21.9. The first-order valence-corrected chi connectivity index (χ1v) is 13.4. The maximum Gasteiger partial charge on any atom is 0.225 e. The topological polar surface area (TPSA) is 20.3 Å². The van der Waals surface area contributed by atoms with Gasteiger partial charge in [0.2, 0.25) is 5.91 Å². The lowest BCUT2D eigenvalue weighted by molar-refractivity contribution is -0.137. The number of likely N-dealkylation sites (tertiary alicyclic amines) is 1. The largest absolute Gasteiger partial charge is 0.342 e. The van der Waals surface area contributed by atoms with E-state index in [0.717, 1.165) is 37.8 Å². The average molecular weight is 408 g/mol. The molecule has 0 spiro atoms. The summed E-state index contributed by atoms with van der Waals surface area (Å²) in [5.74, 6) is 2.50. The van der Waals surface area contributed by atoms with Crippen LogP contribution in [0.5, 0.6) is 0 Å². The van der Waals surface area contributed by atoms with Crippen LogP contribution in [0, 0.1) is 17.8 Å². The van der Waals surface area contributed by atoms with Gasteiger partial charge in [-0.1, -0.05) is 111 Å². The van der Waals surface area contributed by atoms with Crippen molar-refractivity contribution in [3.8, 4) is 0 Å². The minimum atomic E-state index is 0.302. The SMILES string of the molecule is CCCCCCCC(CCCCCC)C(=O)N1CCC(CCCCC(C)C)CC1. The van der Waals surface area contributed by atoms with Gasteiger partial charge in [0, 0.05) is 19.0 Å². The molecule has 0 radical (unpaired) electrons. The van der Waals surface area contributed by atoms with E-state index in [1.807, 2.05) is 0 Å². The summed E-state index contributed by atoms with van der Waals surface area (Å²) < 4.78 is 0. The second-order valence-electron chi connectivity index (χ2n) is 10.2. The van der Waals surface area contributed by atoms with Crippen molar-refractivity contribution in [1.82, 2.24) is 4.90 Å². The van der Waals surface area contributed by atoms with Crippen molar-refractivity contribution in [3.63, 3.8) is 0 Å². The number of rotatable bonds is 17. The van der Waals surface area contributed by atoms with E-state index in [4.69, 9.17) is 0 Å². The van der Waals surface area contributed by atoms with Crippen LogP contribution in [-0.4, -0.2) is 23.9 Å². The Bertz CT molecular complexity index is 384. The smallest absolute Gasteiger partial charge is 0.225 e. The molecular formula is C27H53NO. The standard InChI is InChI=1S/C27H53NO/c1-5-7-9-11-13-19-26(18-12-10-8-6-2)27(29)28-22-20-25(21-23-28)17-15-14-16-24(3)4/h24-26H,5-23H2,1-4H3. The first-order chi connectivity index (χ1) is 14.1. The molecule has 0 aromatic heterocycles. The number of carbonyl (C=O) groups excluding carboxylic acids is 1. The summed E-state index contributed by atoms with van der Waals surface area (Å²) in [6.45, 7) is 11.2. The van der Waals surface area contributed by atoms with Crippen molar-refractivity contribution < 1.29 is 4.79 Å². The van der Waals surface area contributed by atoms with Crippen molar-refractivity contribution in [2.75, 3.05) is 13.1 Å². The number of unbranched alkanes of at least 4 members (excludes halogenated alkanes) is 8. The summed E-state index contributed by atoms with van der Waals surface area (Å²) in [5.41, 5.74) is 0. The van der Waals surface area contributed by atoms with Crippen molar-refractivity contribution in [2.45, 2.75) is 137 Å². The summed E-state index contributed by atoms with van der Waals surface area (Å²) in [7, 11) is 0. The molecule has 1 unspecified atom stereocenters. The van der Waals surface area contributed by atoms with Gasteiger partial charge in [-0.2, -0.15) is 0 Å². The minimum absolute atomic E-state index is 0.302. The molecule has 1 saturated heterocycles. The first kappa shape index (κ1) is 26.5. The zero-order chi connectivity index (χ0) is 21.3. The van der Waals surface area contributed by atoms with E-state index in [0.29, 0.717) is 11.8 Å². The monoisotopic (exact) mass is 407 g/mol. The Morgan fingerprint density at radius 2 is 1.28 bits per heavy atom. The van der Waals surface area contributed by atoms with Crippen LogP contribution in [0.25, 0.3) is 0 Å². The minimum Gasteiger partial charge on any atom is -0.342 e. The zero-order valence-electron chi connectivity index (χ0n) is 20.5. The molecule has 0 bridgehead atoms. The summed E-state index contributed by atoms with van der Waals surface area (Å²) >= 11 is 0. The number of piperidine rings is 1. The van der Waals surface area contributed by atoms with E-state index in [1.54, 1.807) is 0 Å². The molecule has 1 fully saturated rings. The maximum absolute atomic E-state index is 13.2. The third-order valence-corrected chi connectivity index (χ3v) is 6.98. The molecule has 29 heavy (non-hydrogen) atoms. The summed E-state index contributed by atoms with van der Waals surface area (Å²) in [4.78, 5) is 15.5. The van der Waals surface area contributed by atoms with Crippen molar-refractivity contribution in [1.29, 1.82) is 0 Å². The Morgan fingerprint density at radius 1 is 0.759 bits per heavy atom. The molecule has 1 aliphatic rings. The maximum atomic E-state index is 13.2. The predicted molar refractivity (Wildman–Crippen MR) is 128 cm³/mol. The van der Waals surface area contributed by atoms with E-state index in [1.165, 1.54) is 96.3 Å². The Labute approximate surface area is 183 Å². The molecule has 1 heterocycles. The van der Waals surface area contributed by atoms with Gasteiger partial charge in [0.25, 0.3) is 0 Å². The van der Waals surface area contributed by atoms with Crippen LogP contribution < -0.4 is 0 Å². The van der Waals surface area contributed by atoms with Crippen LogP contribution in [0.4, 0.5) is 0 Å². The fraction of sp³-hybridized carbons (Fsp3) is 0.963. The molecule has 2 heteroatoms. The summed E-state index contributed by atoms with van der Waals surface area (Å²) in [5, 5.41) is 0. The molecule has 0 aromatic rings. The molecule has 1 aliphatic heterocycles. The normalized spacial score (nSPS) is 16.5. The second kappa shape index (κ2) is 17.2. The van der Waals surface area contributed by atoms with Gasteiger partial charge in [0.1, 0.15) is 0 Å². The molecule has 1 rings (SSSR count). The zero-order valence-corrected chi connectivity index (χ0v) is 20.5. The fourth-order valence-electron chi connectivity index (χ4n) is 4.89. The van der Waals surface area contributed by atoms with Crippen molar-refractivity contribution in [2.24, 2.45) is 17.8 Å². The van der Waals surface area contributed by atoms with Crippen molar-refractivity contribution >= 4 is 5.91 Å². The highest BCUT2D eigenvalue weighted by Crippen LogP contribution is 2.27. The van der Waals surface area contributed by atoms with Gasteiger partial charge in [-0.15, -0.1) is 0 Å². The molecule has 0 saturated carbocycles. The van der Waals surface area contributed by atoms with Crippen LogP contribution in [0.3, 0.4) is 0 Å². The molecular weight excluding hydrogens is 354 g/mol. The lowest BCUT2D eigenvalue weighted by Crippen LogP contribution is -2.41. The predicted octanol–water partition coefficient (Wildman–Crippen LogP) is 8.39. The van der Waals surface area contributed by atoms with E-state index in [-0.39, 0.29) is 0 Å². The van der Waals surface area contributed by atoms with Gasteiger partial charge in [-0.25, -0.2) is 0 Å². The number of hydrogen-bond donors (Lipinski definition) is 0. The molecule has 0 aromatic carbocycles. The van der Waals surface area contributed by atoms with Crippen LogP contribution >= 0.6 is 0 Å². The second-order valence-corrected chi connectivity index (χ2v) is 10.2. The molecule has 172 valence electrons. The third-order valence-electron chi connectivity index (χ3n) is 6.98. The first-order valence-electron chi connectivity index (χ1n) is 13.4. The van der Waals surface area contributed by atoms with E-state index in [9.17, 15) is 4.79 Å². The van der Waals surface area contributed by atoms with Gasteiger partial charge in [0.05, 0.1) is 0 Å². The van der Waals surface area contributed by atoms with Crippen LogP contribution in [0.1, 0.15) is 137 Å². The number of nitrogens with zero attached hydrogens (tertiary/aromatic N) is 1. The number of carbonyl (C=O) groups is 1. The number of amides is 1. The lowest BCUT2D eigenvalue weighted by atomic mass is 9.88. The Morgan fingerprint density at radius 3 is 1.83 bits per heavy atom. The summed E-state index contributed by atoms with van der Waals surface area (Å²) in [6, 6.07) is 0. The fourth-order valence-corrected chi connectivity index (χ4v) is 4.89. The van der Waals surface area contributed by atoms with Crippen molar-refractivity contribution in [3.05, 3.63) is 0 Å². The van der Waals surface area contributed by atoms with E-state index in [2.05, 4.69) is 32.6 Å². The lowest BCUT2D eigenvalue weighted by Gasteiger charge is -2.34. The van der Waals surface area contributed by atoms with E-state index >= 15 is 0 Å². The van der Waals surface area contributed by atoms with Gasteiger partial charge in [0.15, 0.2) is 0 Å². The molecule has 1 amide bonds. The third kappa shape index (κ3) is 12.7. The molecule has 2 nitrogen and oxygen atoms in total. The molecule has 0 N–H and O–H groups in total. The average Bonchev–Trinajstić information content (AvgIpc) is 2.72. The van der Waals surface area contributed by atoms with Gasteiger partial charge in [-0.05, 0) is 37.5 Å².